The van der Waals surface area contributed by atoms with E-state index in [9.17, 15) is 0 Å². The van der Waals surface area contributed by atoms with Crippen molar-refractivity contribution in [3.8, 4) is 0 Å². The van der Waals surface area contributed by atoms with E-state index in [0.717, 1.165) is 10.6 Å². The van der Waals surface area contributed by atoms with Crippen LogP contribution in [0, 0.1) is 0 Å². The average molecular weight is 133 g/mol. The van der Waals surface area contributed by atoms with Crippen molar-refractivity contribution in [3.05, 3.63) is 35.0 Å². The molecule has 1 aromatic heterocycles. The number of rotatable bonds is 1. The zero-order valence-corrected chi connectivity index (χ0v) is 6.09. The molecule has 0 amide bonds. The van der Waals surface area contributed by atoms with Crippen molar-refractivity contribution in [1.82, 2.24) is 4.98 Å². The lowest BCUT2D eigenvalue weighted by molar-refractivity contribution is 1.32. The standard InChI is InChI=1S/C9H11N/c1-3-4-5-9-8(2)6-7-10-9/h3-7,10H,2H2,1H3. The number of aromatic nitrogens is 1. The first-order valence-electron chi connectivity index (χ1n) is 3.30. The maximum Gasteiger partial charge on any atom is 0.0447 e. The van der Waals surface area contributed by atoms with E-state index in [2.05, 4.69) is 11.6 Å². The van der Waals surface area contributed by atoms with Crippen LogP contribution >= 0.6 is 0 Å². The van der Waals surface area contributed by atoms with Crippen LogP contribution in [0.2, 0.25) is 0 Å². The molecular weight excluding hydrogens is 122 g/mol. The third-order valence-corrected chi connectivity index (χ3v) is 1.32. The molecule has 0 radical (unpaired) electrons. The van der Waals surface area contributed by atoms with Crippen LogP contribution in [0.25, 0.3) is 12.7 Å². The van der Waals surface area contributed by atoms with Crippen LogP contribution in [0.4, 0.5) is 0 Å². The van der Waals surface area contributed by atoms with E-state index >= 15 is 0 Å². The normalized spacial score (nSPS) is 13.1. The van der Waals surface area contributed by atoms with E-state index in [1.54, 1.807) is 0 Å². The van der Waals surface area contributed by atoms with E-state index in [1.165, 1.54) is 0 Å². The van der Waals surface area contributed by atoms with Crippen molar-refractivity contribution >= 4 is 12.7 Å². The molecule has 1 rings (SSSR count). The minimum absolute atomic E-state index is 1.04. The zero-order valence-electron chi connectivity index (χ0n) is 6.09. The van der Waals surface area contributed by atoms with Crippen molar-refractivity contribution in [3.63, 3.8) is 0 Å². The molecule has 0 fully saturated rings. The van der Waals surface area contributed by atoms with Gasteiger partial charge in [-0.1, -0.05) is 18.7 Å². The van der Waals surface area contributed by atoms with Gasteiger partial charge in [-0.3, -0.25) is 0 Å². The summed E-state index contributed by atoms with van der Waals surface area (Å²) in [4.78, 5) is 3.07. The lowest BCUT2D eigenvalue weighted by atomic mass is 10.4. The van der Waals surface area contributed by atoms with E-state index in [4.69, 9.17) is 0 Å². The first-order valence-corrected chi connectivity index (χ1v) is 3.30. The number of hydrogen-bond acceptors (Lipinski definition) is 0. The summed E-state index contributed by atoms with van der Waals surface area (Å²) in [5.74, 6) is 0. The van der Waals surface area contributed by atoms with Crippen molar-refractivity contribution in [1.29, 1.82) is 0 Å². The maximum atomic E-state index is 3.84. The van der Waals surface area contributed by atoms with Crippen LogP contribution < -0.4 is 10.6 Å². The highest BCUT2D eigenvalue weighted by atomic mass is 14.6. The van der Waals surface area contributed by atoms with Crippen molar-refractivity contribution < 1.29 is 0 Å². The molecule has 0 saturated heterocycles. The molecule has 0 saturated carbocycles. The van der Waals surface area contributed by atoms with Gasteiger partial charge in [0.1, 0.15) is 0 Å². The molecule has 0 unspecified atom stereocenters. The number of hydrogen-bond donors (Lipinski definition) is 1. The SMILES string of the molecule is C=c1cc[nH]c1=CC=CC. The Hall–Kier alpha value is -1.24. The van der Waals surface area contributed by atoms with E-state index in [1.807, 2.05) is 37.4 Å². The monoisotopic (exact) mass is 133 g/mol. The summed E-state index contributed by atoms with van der Waals surface area (Å²) in [5.41, 5.74) is 0. The summed E-state index contributed by atoms with van der Waals surface area (Å²) >= 11 is 0. The van der Waals surface area contributed by atoms with Crippen LogP contribution in [0.15, 0.2) is 24.4 Å². The molecule has 0 aliphatic carbocycles. The van der Waals surface area contributed by atoms with Gasteiger partial charge >= 0.3 is 0 Å². The predicted molar refractivity (Wildman–Crippen MR) is 44.8 cm³/mol. The van der Waals surface area contributed by atoms with Gasteiger partial charge in [-0.2, -0.15) is 0 Å². The van der Waals surface area contributed by atoms with Crippen molar-refractivity contribution in [2.45, 2.75) is 6.92 Å². The van der Waals surface area contributed by atoms with Crippen LogP contribution in [0.1, 0.15) is 6.92 Å². The Kier molecular flexibility index (Phi) is 2.11. The van der Waals surface area contributed by atoms with Gasteiger partial charge in [0.2, 0.25) is 0 Å². The third kappa shape index (κ3) is 1.38. The molecule has 0 aromatic carbocycles. The fourth-order valence-corrected chi connectivity index (χ4v) is 0.762. The Morgan fingerprint density at radius 1 is 1.60 bits per heavy atom. The Morgan fingerprint density at radius 3 is 2.90 bits per heavy atom. The summed E-state index contributed by atoms with van der Waals surface area (Å²) in [6.07, 6.45) is 7.86. The summed E-state index contributed by atoms with van der Waals surface area (Å²) in [5, 5.41) is 2.12. The van der Waals surface area contributed by atoms with E-state index < -0.39 is 0 Å². The van der Waals surface area contributed by atoms with E-state index in [0.29, 0.717) is 0 Å². The molecule has 1 N–H and O–H groups in total. The highest BCUT2D eigenvalue weighted by Gasteiger charge is 1.77. The minimum atomic E-state index is 1.04. The second kappa shape index (κ2) is 3.06. The van der Waals surface area contributed by atoms with Gasteiger partial charge in [0.25, 0.3) is 0 Å². The second-order valence-electron chi connectivity index (χ2n) is 2.11. The topological polar surface area (TPSA) is 15.8 Å². The van der Waals surface area contributed by atoms with Gasteiger partial charge in [-0.25, -0.2) is 0 Å². The molecule has 0 aliphatic heterocycles. The average Bonchev–Trinajstić information content (AvgIpc) is 2.31. The maximum absolute atomic E-state index is 3.84. The molecular formula is C9H11N. The summed E-state index contributed by atoms with van der Waals surface area (Å²) < 4.78 is 0. The fraction of sp³-hybridized carbons (Fsp3) is 0.111. The van der Waals surface area contributed by atoms with Gasteiger partial charge in [-0.05, 0) is 24.3 Å². The number of H-pyrrole nitrogens is 1. The van der Waals surface area contributed by atoms with Gasteiger partial charge in [0.05, 0.1) is 0 Å². The minimum Gasteiger partial charge on any atom is -0.361 e. The fourth-order valence-electron chi connectivity index (χ4n) is 0.762. The highest BCUT2D eigenvalue weighted by molar-refractivity contribution is 5.34. The lowest BCUT2D eigenvalue weighted by Gasteiger charge is -1.73. The highest BCUT2D eigenvalue weighted by Crippen LogP contribution is 1.69. The van der Waals surface area contributed by atoms with Gasteiger partial charge in [0, 0.05) is 11.5 Å². The van der Waals surface area contributed by atoms with Crippen LogP contribution in [0.5, 0.6) is 0 Å². The summed E-state index contributed by atoms with van der Waals surface area (Å²) in [7, 11) is 0. The van der Waals surface area contributed by atoms with Crippen LogP contribution in [0.3, 0.4) is 0 Å². The van der Waals surface area contributed by atoms with Gasteiger partial charge in [-0.15, -0.1) is 0 Å². The van der Waals surface area contributed by atoms with Crippen molar-refractivity contribution in [2.24, 2.45) is 0 Å². The zero-order chi connectivity index (χ0) is 7.40. The van der Waals surface area contributed by atoms with Gasteiger partial charge < -0.3 is 4.98 Å². The first kappa shape index (κ1) is 6.87. The van der Waals surface area contributed by atoms with Crippen LogP contribution in [-0.2, 0) is 0 Å². The molecule has 52 valence electrons. The van der Waals surface area contributed by atoms with Gasteiger partial charge in [0.15, 0.2) is 0 Å². The van der Waals surface area contributed by atoms with Crippen LogP contribution in [-0.4, -0.2) is 4.98 Å². The Morgan fingerprint density at radius 2 is 2.40 bits per heavy atom. The largest absolute Gasteiger partial charge is 0.361 e. The molecule has 0 bridgehead atoms. The molecule has 0 aliphatic rings. The predicted octanol–water partition coefficient (Wildman–Crippen LogP) is 0.782. The smallest absolute Gasteiger partial charge is 0.0447 e. The first-order chi connectivity index (χ1) is 4.84. The lowest BCUT2D eigenvalue weighted by Crippen LogP contribution is -2.19. The molecule has 0 atom stereocenters. The number of nitrogens with one attached hydrogen (secondary N) is 1. The second-order valence-corrected chi connectivity index (χ2v) is 2.11. The molecule has 1 aromatic rings. The summed E-state index contributed by atoms with van der Waals surface area (Å²) in [6.45, 7) is 5.83. The molecule has 10 heavy (non-hydrogen) atoms. The Balaban J connectivity index is 3.16. The molecule has 1 nitrogen and oxygen atoms in total. The molecule has 0 spiro atoms. The molecule has 1 heteroatoms. The third-order valence-electron chi connectivity index (χ3n) is 1.32. The summed E-state index contributed by atoms with van der Waals surface area (Å²) in [6, 6.07) is 1.95. The number of allylic oxidation sites excluding steroid dienone is 2. The van der Waals surface area contributed by atoms with E-state index in [-0.39, 0.29) is 0 Å². The molecule has 1 heterocycles. The Bertz CT molecular complexity index is 317. The Labute approximate surface area is 60.4 Å². The number of aromatic amines is 1. The quantitative estimate of drug-likeness (QED) is 0.582. The van der Waals surface area contributed by atoms with Crippen molar-refractivity contribution in [2.75, 3.05) is 0 Å².